The second kappa shape index (κ2) is 7.88. The van der Waals surface area contributed by atoms with Gasteiger partial charge in [-0.05, 0) is 55.7 Å². The number of piperidine rings is 1. The van der Waals surface area contributed by atoms with Crippen molar-refractivity contribution in [1.29, 1.82) is 0 Å². The van der Waals surface area contributed by atoms with E-state index in [4.69, 9.17) is 11.6 Å². The number of carbonyl (C=O) groups excluding carboxylic acids is 1. The number of rotatable bonds is 4. The van der Waals surface area contributed by atoms with E-state index < -0.39 is 5.60 Å². The Hall–Kier alpha value is -1.06. The van der Waals surface area contributed by atoms with Gasteiger partial charge in [0.15, 0.2) is 0 Å². The third-order valence-electron chi connectivity index (χ3n) is 5.73. The Kier molecular flexibility index (Phi) is 5.83. The number of halogens is 1. The van der Waals surface area contributed by atoms with Gasteiger partial charge in [-0.15, -0.1) is 0 Å². The average molecular weight is 350 g/mol. The largest absolute Gasteiger partial charge is 0.384 e. The lowest BCUT2D eigenvalue weighted by molar-refractivity contribution is -0.141. The maximum Gasteiger partial charge on any atom is 0.225 e. The number of likely N-dealkylation sites (tertiary alicyclic amines) is 1. The molecule has 1 aliphatic carbocycles. The predicted octanol–water partition coefficient (Wildman–Crippen LogP) is 4.51. The Morgan fingerprint density at radius 1 is 1.12 bits per heavy atom. The van der Waals surface area contributed by atoms with Gasteiger partial charge in [-0.1, -0.05) is 43.0 Å². The lowest BCUT2D eigenvalue weighted by Gasteiger charge is -2.40. The molecule has 0 spiro atoms. The van der Waals surface area contributed by atoms with Crippen molar-refractivity contribution in [1.82, 2.24) is 4.90 Å². The fraction of sp³-hybridized carbons (Fsp3) is 0.650. The first-order valence-electron chi connectivity index (χ1n) is 9.36. The lowest BCUT2D eigenvalue weighted by atomic mass is 9.71. The minimum absolute atomic E-state index is 0.0859. The number of hydrogen-bond acceptors (Lipinski definition) is 2. The van der Waals surface area contributed by atoms with E-state index in [1.165, 1.54) is 12.8 Å². The summed E-state index contributed by atoms with van der Waals surface area (Å²) in [7, 11) is 0. The summed E-state index contributed by atoms with van der Waals surface area (Å²) in [6.45, 7) is 1.66. The zero-order chi connectivity index (χ0) is 17.0. The lowest BCUT2D eigenvalue weighted by Crippen LogP contribution is -2.44. The molecule has 1 atom stereocenters. The molecule has 1 aromatic carbocycles. The van der Waals surface area contributed by atoms with Crippen LogP contribution in [-0.2, 0) is 10.4 Å². The number of amides is 1. The minimum Gasteiger partial charge on any atom is -0.384 e. The van der Waals surface area contributed by atoms with Gasteiger partial charge >= 0.3 is 0 Å². The molecule has 1 N–H and O–H groups in total. The van der Waals surface area contributed by atoms with Crippen LogP contribution < -0.4 is 0 Å². The molecule has 24 heavy (non-hydrogen) atoms. The standard InChI is InChI=1S/C20H28ClNO2/c21-18-11-7-10-17(14-18)20(24,16-8-3-1-4-9-16)15-19(23)22-12-5-2-6-13-22/h7,10-11,14,16,24H,1-6,8-9,12-13,15H2. The Morgan fingerprint density at radius 2 is 1.79 bits per heavy atom. The van der Waals surface area contributed by atoms with Gasteiger partial charge in [-0.25, -0.2) is 0 Å². The highest BCUT2D eigenvalue weighted by Gasteiger charge is 2.41. The van der Waals surface area contributed by atoms with Crippen molar-refractivity contribution in [3.63, 3.8) is 0 Å². The van der Waals surface area contributed by atoms with Gasteiger partial charge in [0, 0.05) is 18.1 Å². The molecular formula is C20H28ClNO2. The van der Waals surface area contributed by atoms with Crippen LogP contribution in [0.25, 0.3) is 0 Å². The summed E-state index contributed by atoms with van der Waals surface area (Å²) < 4.78 is 0. The van der Waals surface area contributed by atoms with Crippen LogP contribution in [0.1, 0.15) is 63.4 Å². The van der Waals surface area contributed by atoms with Crippen LogP contribution in [0.15, 0.2) is 24.3 Å². The minimum atomic E-state index is -1.10. The summed E-state index contributed by atoms with van der Waals surface area (Å²) in [5, 5.41) is 12.2. The smallest absolute Gasteiger partial charge is 0.225 e. The third kappa shape index (κ3) is 3.94. The highest BCUT2D eigenvalue weighted by Crippen LogP contribution is 2.42. The monoisotopic (exact) mass is 349 g/mol. The molecule has 0 aromatic heterocycles. The van der Waals surface area contributed by atoms with Crippen molar-refractivity contribution < 1.29 is 9.90 Å². The Labute approximate surface area is 150 Å². The molecule has 1 amide bonds. The summed E-state index contributed by atoms with van der Waals surface area (Å²) in [5.74, 6) is 0.223. The molecule has 1 aromatic rings. The van der Waals surface area contributed by atoms with Crippen LogP contribution in [0.4, 0.5) is 0 Å². The van der Waals surface area contributed by atoms with Gasteiger partial charge < -0.3 is 10.0 Å². The van der Waals surface area contributed by atoms with E-state index in [0.717, 1.165) is 57.2 Å². The molecule has 1 saturated heterocycles. The van der Waals surface area contributed by atoms with E-state index in [0.29, 0.717) is 5.02 Å². The molecule has 0 radical (unpaired) electrons. The molecule has 132 valence electrons. The topological polar surface area (TPSA) is 40.5 Å². The van der Waals surface area contributed by atoms with Crippen LogP contribution in [0.3, 0.4) is 0 Å². The molecule has 3 rings (SSSR count). The first-order valence-corrected chi connectivity index (χ1v) is 9.73. The maximum atomic E-state index is 12.8. The fourth-order valence-electron chi connectivity index (χ4n) is 4.31. The molecule has 4 heteroatoms. The molecule has 0 bridgehead atoms. The number of carbonyl (C=O) groups is 1. The van der Waals surface area contributed by atoms with Crippen molar-refractivity contribution in [3.05, 3.63) is 34.9 Å². The summed E-state index contributed by atoms with van der Waals surface area (Å²) >= 11 is 6.17. The summed E-state index contributed by atoms with van der Waals surface area (Å²) in [5.41, 5.74) is -0.299. The number of aliphatic hydroxyl groups is 1. The van der Waals surface area contributed by atoms with E-state index >= 15 is 0 Å². The van der Waals surface area contributed by atoms with E-state index in [1.54, 1.807) is 0 Å². The average Bonchev–Trinajstić information content (AvgIpc) is 2.63. The van der Waals surface area contributed by atoms with Crippen LogP contribution in [0, 0.1) is 5.92 Å². The van der Waals surface area contributed by atoms with Gasteiger partial charge in [0.1, 0.15) is 5.60 Å². The second-order valence-corrected chi connectivity index (χ2v) is 7.82. The van der Waals surface area contributed by atoms with Crippen LogP contribution >= 0.6 is 11.6 Å². The van der Waals surface area contributed by atoms with E-state index in [9.17, 15) is 9.90 Å². The Bertz CT molecular complexity index is 565. The summed E-state index contributed by atoms with van der Waals surface area (Å²) in [6, 6.07) is 7.44. The van der Waals surface area contributed by atoms with Gasteiger partial charge in [-0.2, -0.15) is 0 Å². The van der Waals surface area contributed by atoms with Crippen LogP contribution in [0.2, 0.25) is 5.02 Å². The second-order valence-electron chi connectivity index (χ2n) is 7.39. The van der Waals surface area contributed by atoms with Crippen molar-refractivity contribution >= 4 is 17.5 Å². The van der Waals surface area contributed by atoms with Gasteiger partial charge in [0.05, 0.1) is 6.42 Å². The maximum absolute atomic E-state index is 12.8. The predicted molar refractivity (Wildman–Crippen MR) is 97.0 cm³/mol. The molecule has 1 aliphatic heterocycles. The number of nitrogens with zero attached hydrogens (tertiary/aromatic N) is 1. The van der Waals surface area contributed by atoms with Crippen LogP contribution in [0.5, 0.6) is 0 Å². The molecule has 2 fully saturated rings. The summed E-state index contributed by atoms with van der Waals surface area (Å²) in [4.78, 5) is 14.8. The normalized spacial score (nSPS) is 22.2. The molecule has 3 nitrogen and oxygen atoms in total. The summed E-state index contributed by atoms with van der Waals surface area (Å²) in [6.07, 6.45) is 8.98. The first kappa shape index (κ1) is 17.8. The zero-order valence-corrected chi connectivity index (χ0v) is 15.1. The number of benzene rings is 1. The molecular weight excluding hydrogens is 322 g/mol. The highest BCUT2D eigenvalue weighted by atomic mass is 35.5. The van der Waals surface area contributed by atoms with E-state index in [-0.39, 0.29) is 18.2 Å². The van der Waals surface area contributed by atoms with Gasteiger partial charge in [0.25, 0.3) is 0 Å². The molecule has 2 aliphatic rings. The highest BCUT2D eigenvalue weighted by molar-refractivity contribution is 6.30. The van der Waals surface area contributed by atoms with E-state index in [1.807, 2.05) is 29.2 Å². The van der Waals surface area contributed by atoms with Crippen molar-refractivity contribution in [3.8, 4) is 0 Å². The first-order chi connectivity index (χ1) is 11.6. The fourth-order valence-corrected chi connectivity index (χ4v) is 4.50. The van der Waals surface area contributed by atoms with Gasteiger partial charge in [-0.3, -0.25) is 4.79 Å². The molecule has 1 saturated carbocycles. The van der Waals surface area contributed by atoms with Gasteiger partial charge in [0.2, 0.25) is 5.91 Å². The van der Waals surface area contributed by atoms with Crippen molar-refractivity contribution in [2.75, 3.05) is 13.1 Å². The Balaban J connectivity index is 1.84. The molecule has 1 heterocycles. The van der Waals surface area contributed by atoms with E-state index in [2.05, 4.69) is 0 Å². The Morgan fingerprint density at radius 3 is 2.46 bits per heavy atom. The van der Waals surface area contributed by atoms with Crippen molar-refractivity contribution in [2.45, 2.75) is 63.4 Å². The van der Waals surface area contributed by atoms with Crippen LogP contribution in [-0.4, -0.2) is 29.0 Å². The number of hydrogen-bond donors (Lipinski definition) is 1. The quantitative estimate of drug-likeness (QED) is 0.868. The van der Waals surface area contributed by atoms with Crippen molar-refractivity contribution in [2.24, 2.45) is 5.92 Å². The molecule has 1 unspecified atom stereocenters. The zero-order valence-electron chi connectivity index (χ0n) is 14.3. The third-order valence-corrected chi connectivity index (χ3v) is 5.97. The SMILES string of the molecule is O=C(CC(O)(c1cccc(Cl)c1)C1CCCCC1)N1CCCCC1.